The maximum Gasteiger partial charge on any atom is 0.250 e. The molecule has 104 valence electrons. The van der Waals surface area contributed by atoms with Crippen molar-refractivity contribution in [2.75, 3.05) is 24.2 Å². The van der Waals surface area contributed by atoms with Gasteiger partial charge in [0.1, 0.15) is 0 Å². The van der Waals surface area contributed by atoms with E-state index in [2.05, 4.69) is 5.32 Å². The van der Waals surface area contributed by atoms with Gasteiger partial charge in [-0.15, -0.1) is 0 Å². The van der Waals surface area contributed by atoms with E-state index in [1.54, 1.807) is 12.1 Å². The summed E-state index contributed by atoms with van der Waals surface area (Å²) in [7, 11) is 0. The van der Waals surface area contributed by atoms with Gasteiger partial charge in [-0.25, -0.2) is 0 Å². The van der Waals surface area contributed by atoms with Gasteiger partial charge in [-0.1, -0.05) is 6.07 Å². The molecule has 5 nitrogen and oxygen atoms in total. The van der Waals surface area contributed by atoms with Gasteiger partial charge in [0.25, 0.3) is 5.91 Å². The van der Waals surface area contributed by atoms with E-state index in [0.29, 0.717) is 17.4 Å². The Morgan fingerprint density at radius 1 is 1.42 bits per heavy atom. The van der Waals surface area contributed by atoms with Gasteiger partial charge in [-0.05, 0) is 37.8 Å². The number of ether oxygens (including phenoxy) is 1. The lowest BCUT2D eigenvalue weighted by Crippen LogP contribution is -2.22. The van der Waals surface area contributed by atoms with E-state index in [1.807, 2.05) is 6.07 Å². The Kier molecular flexibility index (Phi) is 4.63. The van der Waals surface area contributed by atoms with Crippen molar-refractivity contribution in [3.05, 3.63) is 23.8 Å². The van der Waals surface area contributed by atoms with Crippen LogP contribution in [0.3, 0.4) is 0 Å². The highest BCUT2D eigenvalue weighted by atomic mass is 16.5. The zero-order valence-corrected chi connectivity index (χ0v) is 11.0. The number of nitrogens with one attached hydrogen (secondary N) is 1. The fraction of sp³-hybridized carbons (Fsp3) is 0.500. The number of rotatable bonds is 5. The molecule has 0 saturated carbocycles. The quantitative estimate of drug-likeness (QED) is 0.706. The molecule has 1 saturated heterocycles. The molecular weight excluding hydrogens is 242 g/mol. The molecule has 1 aromatic rings. The second-order valence-corrected chi connectivity index (χ2v) is 4.84. The highest BCUT2D eigenvalue weighted by molar-refractivity contribution is 6.00. The predicted octanol–water partition coefficient (Wildman–Crippen LogP) is 1.74. The Labute approximate surface area is 113 Å². The summed E-state index contributed by atoms with van der Waals surface area (Å²) in [5.74, 6) is -0.503. The van der Waals surface area contributed by atoms with Crippen LogP contribution in [0.1, 0.15) is 36.0 Å². The van der Waals surface area contributed by atoms with Gasteiger partial charge < -0.3 is 21.5 Å². The minimum atomic E-state index is -0.503. The molecule has 5 N–H and O–H groups in total. The van der Waals surface area contributed by atoms with Crippen LogP contribution >= 0.6 is 0 Å². The number of nitrogen functional groups attached to an aromatic ring is 1. The third kappa shape index (κ3) is 3.61. The summed E-state index contributed by atoms with van der Waals surface area (Å²) in [5, 5.41) is 3.24. The molecule has 1 unspecified atom stereocenters. The molecule has 1 fully saturated rings. The molecule has 0 spiro atoms. The lowest BCUT2D eigenvalue weighted by molar-refractivity contribution is 0.0134. The lowest BCUT2D eigenvalue weighted by atomic mass is 10.1. The Morgan fingerprint density at radius 2 is 2.26 bits per heavy atom. The summed E-state index contributed by atoms with van der Waals surface area (Å²) in [6.45, 7) is 1.64. The van der Waals surface area contributed by atoms with E-state index in [-0.39, 0.29) is 0 Å². The van der Waals surface area contributed by atoms with Crippen molar-refractivity contribution in [1.29, 1.82) is 0 Å². The van der Waals surface area contributed by atoms with Crippen molar-refractivity contribution in [2.24, 2.45) is 5.73 Å². The van der Waals surface area contributed by atoms with Crippen molar-refractivity contribution in [1.82, 2.24) is 0 Å². The molecule has 1 aliphatic heterocycles. The largest absolute Gasteiger partial charge is 0.396 e. The normalized spacial score (nSPS) is 19.1. The number of anilines is 2. The molecular formula is C14H21N3O2. The van der Waals surface area contributed by atoms with Crippen molar-refractivity contribution in [3.8, 4) is 0 Å². The van der Waals surface area contributed by atoms with Gasteiger partial charge in [-0.3, -0.25) is 4.79 Å². The summed E-state index contributed by atoms with van der Waals surface area (Å²) >= 11 is 0. The minimum absolute atomic E-state index is 0.335. The van der Waals surface area contributed by atoms with Gasteiger partial charge in [0, 0.05) is 13.2 Å². The van der Waals surface area contributed by atoms with Crippen LogP contribution in [-0.2, 0) is 4.74 Å². The van der Waals surface area contributed by atoms with E-state index in [1.165, 1.54) is 6.42 Å². The van der Waals surface area contributed by atoms with E-state index < -0.39 is 5.91 Å². The molecule has 1 amide bonds. The topological polar surface area (TPSA) is 90.4 Å². The van der Waals surface area contributed by atoms with Gasteiger partial charge in [0.2, 0.25) is 0 Å². The monoisotopic (exact) mass is 263 g/mol. The molecule has 5 heteroatoms. The zero-order chi connectivity index (χ0) is 13.7. The van der Waals surface area contributed by atoms with Crippen molar-refractivity contribution in [2.45, 2.75) is 31.8 Å². The molecule has 0 bridgehead atoms. The smallest absolute Gasteiger partial charge is 0.250 e. The third-order valence-electron chi connectivity index (χ3n) is 3.43. The van der Waals surface area contributed by atoms with Crippen LogP contribution in [0.25, 0.3) is 0 Å². The maximum absolute atomic E-state index is 11.2. The van der Waals surface area contributed by atoms with Crippen molar-refractivity contribution >= 4 is 17.3 Å². The average molecular weight is 263 g/mol. The summed E-state index contributed by atoms with van der Waals surface area (Å²) < 4.78 is 5.66. The van der Waals surface area contributed by atoms with Gasteiger partial charge in [-0.2, -0.15) is 0 Å². The molecule has 0 radical (unpaired) electrons. The fourth-order valence-corrected chi connectivity index (χ4v) is 2.34. The molecule has 19 heavy (non-hydrogen) atoms. The number of nitrogens with two attached hydrogens (primary N) is 2. The average Bonchev–Trinajstić information content (AvgIpc) is 2.41. The SMILES string of the molecule is NC(=O)c1cccc(NCCC2CCCCO2)c1N. The van der Waals surface area contributed by atoms with E-state index >= 15 is 0 Å². The predicted molar refractivity (Wildman–Crippen MR) is 76.1 cm³/mol. The number of hydrogen-bond acceptors (Lipinski definition) is 4. The van der Waals surface area contributed by atoms with E-state index in [9.17, 15) is 4.79 Å². The molecule has 1 heterocycles. The van der Waals surface area contributed by atoms with Gasteiger partial charge >= 0.3 is 0 Å². The second kappa shape index (κ2) is 6.43. The third-order valence-corrected chi connectivity index (χ3v) is 3.43. The summed E-state index contributed by atoms with van der Waals surface area (Å²) in [4.78, 5) is 11.2. The summed E-state index contributed by atoms with van der Waals surface area (Å²) in [6.07, 6.45) is 4.81. The lowest BCUT2D eigenvalue weighted by Gasteiger charge is -2.23. The first-order valence-electron chi connectivity index (χ1n) is 6.72. The Hall–Kier alpha value is -1.75. The standard InChI is InChI=1S/C14H21N3O2/c15-13-11(14(16)18)5-3-6-12(13)17-8-7-10-4-1-2-9-19-10/h3,5-6,10,17H,1-2,4,7-9,15H2,(H2,16,18). The fourth-order valence-electron chi connectivity index (χ4n) is 2.34. The van der Waals surface area contributed by atoms with Crippen LogP contribution in [0, 0.1) is 0 Å². The van der Waals surface area contributed by atoms with Crippen LogP contribution in [0.5, 0.6) is 0 Å². The van der Waals surface area contributed by atoms with E-state index in [4.69, 9.17) is 16.2 Å². The molecule has 1 aliphatic rings. The number of hydrogen-bond donors (Lipinski definition) is 3. The molecule has 0 aliphatic carbocycles. The minimum Gasteiger partial charge on any atom is -0.396 e. The maximum atomic E-state index is 11.2. The van der Waals surface area contributed by atoms with Crippen LogP contribution in [0.2, 0.25) is 0 Å². The number of para-hydroxylation sites is 1. The number of carbonyl (C=O) groups is 1. The van der Waals surface area contributed by atoms with E-state index in [0.717, 1.165) is 38.1 Å². The van der Waals surface area contributed by atoms with Gasteiger partial charge in [0.15, 0.2) is 0 Å². The second-order valence-electron chi connectivity index (χ2n) is 4.84. The molecule has 2 rings (SSSR count). The summed E-state index contributed by atoms with van der Waals surface area (Å²) in [5.41, 5.74) is 12.7. The molecule has 0 aromatic heterocycles. The zero-order valence-electron chi connectivity index (χ0n) is 11.0. The molecule has 1 atom stereocenters. The van der Waals surface area contributed by atoms with Gasteiger partial charge in [0.05, 0.1) is 23.0 Å². The van der Waals surface area contributed by atoms with Crippen LogP contribution in [0.4, 0.5) is 11.4 Å². The number of carbonyl (C=O) groups excluding carboxylic acids is 1. The highest BCUT2D eigenvalue weighted by Crippen LogP contribution is 2.23. The van der Waals surface area contributed by atoms with Crippen molar-refractivity contribution < 1.29 is 9.53 Å². The first-order valence-corrected chi connectivity index (χ1v) is 6.72. The van der Waals surface area contributed by atoms with Crippen molar-refractivity contribution in [3.63, 3.8) is 0 Å². The van der Waals surface area contributed by atoms with Crippen LogP contribution in [0.15, 0.2) is 18.2 Å². The Morgan fingerprint density at radius 3 is 2.95 bits per heavy atom. The van der Waals surface area contributed by atoms with Crippen LogP contribution < -0.4 is 16.8 Å². The Bertz CT molecular complexity index is 442. The summed E-state index contributed by atoms with van der Waals surface area (Å²) in [6, 6.07) is 5.26. The Balaban J connectivity index is 1.88. The number of primary amides is 1. The number of amides is 1. The van der Waals surface area contributed by atoms with Crippen LogP contribution in [-0.4, -0.2) is 25.2 Å². The highest BCUT2D eigenvalue weighted by Gasteiger charge is 2.14. The first-order chi connectivity index (χ1) is 9.18. The molecule has 1 aromatic carbocycles. The number of benzene rings is 1. The first kappa shape index (κ1) is 13.7.